The summed E-state index contributed by atoms with van der Waals surface area (Å²) in [5.41, 5.74) is 2.93. The number of amides is 1. The number of hydrogen-bond donors (Lipinski definition) is 2. The molecule has 3 rings (SSSR count). The van der Waals surface area contributed by atoms with E-state index in [0.29, 0.717) is 10.9 Å². The lowest BCUT2D eigenvalue weighted by atomic mass is 10.0. The van der Waals surface area contributed by atoms with Gasteiger partial charge in [-0.3, -0.25) is 0 Å². The molecule has 0 unspecified atom stereocenters. The van der Waals surface area contributed by atoms with Crippen LogP contribution in [0, 0.1) is 0 Å². The van der Waals surface area contributed by atoms with Gasteiger partial charge in [0.2, 0.25) is 5.88 Å². The van der Waals surface area contributed by atoms with Crippen LogP contribution >= 0.6 is 0 Å². The number of benzene rings is 2. The Morgan fingerprint density at radius 1 is 1.14 bits per heavy atom. The topological polar surface area (TPSA) is 87.0 Å². The second kappa shape index (κ2) is 5.69. The fraction of sp³-hybridized carbons (Fsp3) is 0.0625. The van der Waals surface area contributed by atoms with Gasteiger partial charge in [-0.05, 0) is 23.3 Å². The third kappa shape index (κ3) is 2.54. The highest BCUT2D eigenvalue weighted by molar-refractivity contribution is 5.97. The molecule has 0 aliphatic carbocycles. The molecule has 3 aromatic rings. The van der Waals surface area contributed by atoms with Gasteiger partial charge in [0.15, 0.2) is 5.69 Å². The number of aromatic nitrogens is 1. The molecule has 1 heterocycles. The molecule has 22 heavy (non-hydrogen) atoms. The minimum Gasteiger partial charge on any atom is -0.493 e. The first-order valence-corrected chi connectivity index (χ1v) is 6.59. The van der Waals surface area contributed by atoms with Crippen LogP contribution in [0.3, 0.4) is 0 Å². The molecule has 0 aliphatic heterocycles. The second-order valence-electron chi connectivity index (χ2n) is 4.62. The van der Waals surface area contributed by atoms with E-state index in [4.69, 9.17) is 0 Å². The Balaban J connectivity index is 2.11. The van der Waals surface area contributed by atoms with Crippen molar-refractivity contribution >= 4 is 22.7 Å². The van der Waals surface area contributed by atoms with Crippen LogP contribution in [0.1, 0.15) is 0 Å². The Kier molecular flexibility index (Phi) is 3.57. The van der Waals surface area contributed by atoms with Gasteiger partial charge in [0.05, 0.1) is 12.6 Å². The largest absolute Gasteiger partial charge is 0.493 e. The summed E-state index contributed by atoms with van der Waals surface area (Å²) in [7, 11) is 1.21. The van der Waals surface area contributed by atoms with E-state index in [1.807, 2.05) is 48.5 Å². The minimum absolute atomic E-state index is 0.145. The maximum absolute atomic E-state index is 11.1. The van der Waals surface area contributed by atoms with Crippen molar-refractivity contribution in [3.63, 3.8) is 0 Å². The van der Waals surface area contributed by atoms with Crippen LogP contribution in [0.25, 0.3) is 22.0 Å². The highest BCUT2D eigenvalue weighted by atomic mass is 16.5. The predicted octanol–water partition coefficient (Wildman–Crippen LogP) is 4.39. The molecule has 0 bridgehead atoms. The summed E-state index contributed by atoms with van der Waals surface area (Å²) < 4.78 is 4.40. The number of aromatic hydroxyl groups is 1. The zero-order valence-electron chi connectivity index (χ0n) is 11.8. The lowest BCUT2D eigenvalue weighted by Crippen LogP contribution is -1.89. The first-order chi connectivity index (χ1) is 10.7. The Bertz CT molecular complexity index is 854. The number of nitrogens with zero attached hydrogens (tertiary/aromatic N) is 2. The predicted molar refractivity (Wildman–Crippen MR) is 82.3 cm³/mol. The van der Waals surface area contributed by atoms with Crippen LogP contribution in [-0.4, -0.2) is 23.3 Å². The molecule has 6 nitrogen and oxygen atoms in total. The van der Waals surface area contributed by atoms with Crippen LogP contribution in [0.4, 0.5) is 10.5 Å². The van der Waals surface area contributed by atoms with Crippen molar-refractivity contribution in [3.05, 3.63) is 48.5 Å². The summed E-state index contributed by atoms with van der Waals surface area (Å²) in [6.07, 6.45) is -0.826. The van der Waals surface area contributed by atoms with Gasteiger partial charge in [-0.2, -0.15) is 0 Å². The first-order valence-electron chi connectivity index (χ1n) is 6.59. The summed E-state index contributed by atoms with van der Waals surface area (Å²) in [6.45, 7) is 0. The van der Waals surface area contributed by atoms with Crippen LogP contribution in [0.2, 0.25) is 0 Å². The fourth-order valence-electron chi connectivity index (χ4n) is 2.21. The summed E-state index contributed by atoms with van der Waals surface area (Å²) in [4.78, 5) is 13.9. The number of aromatic amines is 1. The number of hydrogen-bond acceptors (Lipinski definition) is 4. The highest BCUT2D eigenvalue weighted by Gasteiger charge is 2.12. The van der Waals surface area contributed by atoms with E-state index in [2.05, 4.69) is 19.9 Å². The van der Waals surface area contributed by atoms with Crippen LogP contribution in [0.5, 0.6) is 5.88 Å². The summed E-state index contributed by atoms with van der Waals surface area (Å²) in [5.74, 6) is -0.145. The molecular weight excluding hydrogens is 282 g/mol. The number of carbonyl (C=O) groups is 1. The van der Waals surface area contributed by atoms with Gasteiger partial charge >= 0.3 is 6.09 Å². The van der Waals surface area contributed by atoms with Crippen LogP contribution in [0.15, 0.2) is 58.8 Å². The molecule has 110 valence electrons. The van der Waals surface area contributed by atoms with Crippen molar-refractivity contribution in [2.45, 2.75) is 0 Å². The molecule has 0 aliphatic rings. The van der Waals surface area contributed by atoms with Gasteiger partial charge in [0, 0.05) is 5.39 Å². The molecule has 6 heteroatoms. The number of fused-ring (bicyclic) bond motifs is 1. The molecule has 0 radical (unpaired) electrons. The summed E-state index contributed by atoms with van der Waals surface area (Å²) in [5, 5.41) is 17.7. The van der Waals surface area contributed by atoms with Crippen molar-refractivity contribution in [2.24, 2.45) is 10.2 Å². The number of azo groups is 1. The maximum atomic E-state index is 11.1. The quantitative estimate of drug-likeness (QED) is 0.687. The smallest absolute Gasteiger partial charge is 0.452 e. The fourth-order valence-corrected chi connectivity index (χ4v) is 2.21. The molecule has 2 N–H and O–H groups in total. The second-order valence-corrected chi connectivity index (χ2v) is 4.62. The van der Waals surface area contributed by atoms with Gasteiger partial charge in [-0.15, -0.1) is 5.11 Å². The number of methoxy groups -OCH3 is 1. The first kappa shape index (κ1) is 13.8. The third-order valence-electron chi connectivity index (χ3n) is 3.27. The highest BCUT2D eigenvalue weighted by Crippen LogP contribution is 2.37. The number of H-pyrrole nitrogens is 1. The number of ether oxygens (including phenoxy) is 1. The Morgan fingerprint density at radius 3 is 2.64 bits per heavy atom. The molecule has 1 amide bonds. The summed E-state index contributed by atoms with van der Waals surface area (Å²) in [6, 6.07) is 15.5. The van der Waals surface area contributed by atoms with Gasteiger partial charge in [-0.1, -0.05) is 41.5 Å². The number of rotatable bonds is 2. The Hall–Kier alpha value is -3.15. The van der Waals surface area contributed by atoms with E-state index in [-0.39, 0.29) is 11.6 Å². The van der Waals surface area contributed by atoms with Crippen LogP contribution < -0.4 is 0 Å². The molecule has 0 atom stereocenters. The average Bonchev–Trinajstić information content (AvgIpc) is 2.87. The van der Waals surface area contributed by atoms with Gasteiger partial charge in [0.25, 0.3) is 0 Å². The Morgan fingerprint density at radius 2 is 1.91 bits per heavy atom. The zero-order chi connectivity index (χ0) is 15.5. The van der Waals surface area contributed by atoms with Crippen molar-refractivity contribution in [1.82, 2.24) is 4.98 Å². The molecule has 0 saturated heterocycles. The van der Waals surface area contributed by atoms with E-state index in [0.717, 1.165) is 11.1 Å². The van der Waals surface area contributed by atoms with E-state index >= 15 is 0 Å². The van der Waals surface area contributed by atoms with Crippen molar-refractivity contribution in [3.8, 4) is 17.0 Å². The average molecular weight is 295 g/mol. The lowest BCUT2D eigenvalue weighted by Gasteiger charge is -2.01. The SMILES string of the molecule is COC(=O)N=Nc1c(O)[nH]c2ccc(-c3ccccc3)cc12. The van der Waals surface area contributed by atoms with Crippen LogP contribution in [-0.2, 0) is 4.74 Å². The Labute approximate surface area is 126 Å². The molecule has 0 fully saturated rings. The van der Waals surface area contributed by atoms with Gasteiger partial charge in [-0.25, -0.2) is 4.79 Å². The normalized spacial score (nSPS) is 11.1. The summed E-state index contributed by atoms with van der Waals surface area (Å²) >= 11 is 0. The van der Waals surface area contributed by atoms with E-state index in [1.54, 1.807) is 0 Å². The molecule has 0 spiro atoms. The third-order valence-corrected chi connectivity index (χ3v) is 3.27. The van der Waals surface area contributed by atoms with Crippen molar-refractivity contribution < 1.29 is 14.6 Å². The lowest BCUT2D eigenvalue weighted by molar-refractivity contribution is 0.181. The monoisotopic (exact) mass is 295 g/mol. The van der Waals surface area contributed by atoms with Gasteiger partial charge < -0.3 is 14.8 Å². The molecule has 2 aromatic carbocycles. The molecular formula is C16H13N3O3. The minimum atomic E-state index is -0.826. The molecule has 0 saturated carbocycles. The van der Waals surface area contributed by atoms with E-state index in [9.17, 15) is 9.90 Å². The number of carbonyl (C=O) groups excluding carboxylic acids is 1. The van der Waals surface area contributed by atoms with E-state index < -0.39 is 6.09 Å². The van der Waals surface area contributed by atoms with Gasteiger partial charge in [0.1, 0.15) is 0 Å². The standard InChI is InChI=1S/C16H13N3O3/c1-22-16(21)19-18-14-12-9-11(10-5-3-2-4-6-10)7-8-13(12)17-15(14)20/h2-9,17,20H,1H3. The van der Waals surface area contributed by atoms with Crippen molar-refractivity contribution in [2.75, 3.05) is 7.11 Å². The molecule has 1 aromatic heterocycles. The van der Waals surface area contributed by atoms with E-state index in [1.165, 1.54) is 7.11 Å². The number of nitrogens with one attached hydrogen (secondary N) is 1. The maximum Gasteiger partial charge on any atom is 0.452 e. The zero-order valence-corrected chi connectivity index (χ0v) is 11.8. The van der Waals surface area contributed by atoms with Crippen molar-refractivity contribution in [1.29, 1.82) is 0 Å².